The fourth-order valence-electron chi connectivity index (χ4n) is 2.37. The second-order valence-corrected chi connectivity index (χ2v) is 5.81. The van der Waals surface area contributed by atoms with Gasteiger partial charge in [0.2, 0.25) is 5.95 Å². The smallest absolute Gasteiger partial charge is 0.222 e. The minimum Gasteiger partial charge on any atom is -0.375 e. The van der Waals surface area contributed by atoms with Crippen LogP contribution in [0.4, 0.5) is 21.8 Å². The van der Waals surface area contributed by atoms with Crippen molar-refractivity contribution < 1.29 is 8.91 Å². The zero-order chi connectivity index (χ0) is 18.4. The molecule has 0 fully saturated rings. The van der Waals surface area contributed by atoms with Crippen molar-refractivity contribution in [3.63, 3.8) is 0 Å². The first-order valence-corrected chi connectivity index (χ1v) is 8.47. The van der Waals surface area contributed by atoms with E-state index in [0.717, 1.165) is 30.6 Å². The van der Waals surface area contributed by atoms with E-state index in [1.165, 1.54) is 12.1 Å². The highest BCUT2D eigenvalue weighted by Crippen LogP contribution is 2.23. The fourth-order valence-corrected chi connectivity index (χ4v) is 2.37. The lowest BCUT2D eigenvalue weighted by atomic mass is 10.1. The molecule has 0 aliphatic carbocycles. The van der Waals surface area contributed by atoms with Gasteiger partial charge in [0.25, 0.3) is 0 Å². The molecule has 3 rings (SSSR count). The molecular weight excluding hydrogens is 335 g/mol. The molecule has 0 aliphatic rings. The van der Waals surface area contributed by atoms with E-state index in [2.05, 4.69) is 32.7 Å². The Morgan fingerprint density at radius 2 is 2.00 bits per heavy atom. The number of rotatable bonds is 8. The van der Waals surface area contributed by atoms with Gasteiger partial charge in [0.1, 0.15) is 11.5 Å². The SMILES string of the molecule is CCCCNc1nc(N)ncc1NCc1cc(-c2ccc(F)cc2)on1. The van der Waals surface area contributed by atoms with E-state index in [-0.39, 0.29) is 11.8 Å². The van der Waals surface area contributed by atoms with Gasteiger partial charge in [-0.15, -0.1) is 0 Å². The molecule has 26 heavy (non-hydrogen) atoms. The Morgan fingerprint density at radius 3 is 2.77 bits per heavy atom. The van der Waals surface area contributed by atoms with Gasteiger partial charge in [0.05, 0.1) is 18.4 Å². The van der Waals surface area contributed by atoms with Gasteiger partial charge in [-0.2, -0.15) is 4.98 Å². The van der Waals surface area contributed by atoms with E-state index in [0.29, 0.717) is 23.8 Å². The molecule has 0 aliphatic heterocycles. The second kappa shape index (κ2) is 8.28. The molecule has 0 atom stereocenters. The van der Waals surface area contributed by atoms with Gasteiger partial charge in [-0.3, -0.25) is 0 Å². The summed E-state index contributed by atoms with van der Waals surface area (Å²) in [5, 5.41) is 10.5. The number of nitrogens with zero attached hydrogens (tertiary/aromatic N) is 3. The van der Waals surface area contributed by atoms with Crippen molar-refractivity contribution in [3.05, 3.63) is 48.0 Å². The Morgan fingerprint density at radius 1 is 1.19 bits per heavy atom. The van der Waals surface area contributed by atoms with E-state index in [9.17, 15) is 4.39 Å². The number of nitrogens with one attached hydrogen (secondary N) is 2. The van der Waals surface area contributed by atoms with Gasteiger partial charge in [-0.05, 0) is 30.7 Å². The van der Waals surface area contributed by atoms with E-state index < -0.39 is 0 Å². The maximum Gasteiger partial charge on any atom is 0.222 e. The van der Waals surface area contributed by atoms with Crippen molar-refractivity contribution in [2.45, 2.75) is 26.3 Å². The third kappa shape index (κ3) is 4.47. The van der Waals surface area contributed by atoms with Crippen LogP contribution in [-0.4, -0.2) is 21.7 Å². The third-order valence-electron chi connectivity index (χ3n) is 3.78. The molecule has 0 saturated heterocycles. The van der Waals surface area contributed by atoms with Crippen LogP contribution in [0.1, 0.15) is 25.5 Å². The maximum absolute atomic E-state index is 13.0. The van der Waals surface area contributed by atoms with Crippen molar-refractivity contribution in [1.29, 1.82) is 0 Å². The lowest BCUT2D eigenvalue weighted by Crippen LogP contribution is -2.10. The number of hydrogen-bond donors (Lipinski definition) is 3. The molecule has 2 heterocycles. The third-order valence-corrected chi connectivity index (χ3v) is 3.78. The normalized spacial score (nSPS) is 10.7. The first-order valence-electron chi connectivity index (χ1n) is 8.47. The molecule has 7 nitrogen and oxygen atoms in total. The minimum absolute atomic E-state index is 0.217. The molecule has 8 heteroatoms. The van der Waals surface area contributed by atoms with Gasteiger partial charge in [-0.1, -0.05) is 18.5 Å². The summed E-state index contributed by atoms with van der Waals surface area (Å²) in [4.78, 5) is 8.26. The minimum atomic E-state index is -0.290. The Kier molecular flexibility index (Phi) is 5.62. The number of unbranched alkanes of at least 4 members (excludes halogenated alkanes) is 1. The van der Waals surface area contributed by atoms with E-state index in [1.807, 2.05) is 6.07 Å². The van der Waals surface area contributed by atoms with Crippen LogP contribution in [-0.2, 0) is 6.54 Å². The standard InChI is InChI=1S/C18H21FN6O/c1-2-3-8-21-17-15(11-23-18(20)24-17)22-10-14-9-16(26-25-14)12-4-6-13(19)7-5-12/h4-7,9,11,22H,2-3,8,10H2,1H3,(H3,20,21,23,24). The summed E-state index contributed by atoms with van der Waals surface area (Å²) in [6.45, 7) is 3.36. The highest BCUT2D eigenvalue weighted by atomic mass is 19.1. The molecule has 0 saturated carbocycles. The lowest BCUT2D eigenvalue weighted by molar-refractivity contribution is 0.424. The first-order chi connectivity index (χ1) is 12.7. The molecule has 136 valence electrons. The van der Waals surface area contributed by atoms with Crippen LogP contribution in [0.15, 0.2) is 41.1 Å². The molecule has 3 aromatic rings. The van der Waals surface area contributed by atoms with Crippen LogP contribution in [0.2, 0.25) is 0 Å². The summed E-state index contributed by atoms with van der Waals surface area (Å²) in [6.07, 6.45) is 3.76. The zero-order valence-electron chi connectivity index (χ0n) is 14.5. The van der Waals surface area contributed by atoms with Crippen molar-refractivity contribution in [2.24, 2.45) is 0 Å². The molecule has 0 unspecified atom stereocenters. The van der Waals surface area contributed by atoms with Gasteiger partial charge in [0.15, 0.2) is 11.6 Å². The number of aromatic nitrogens is 3. The fraction of sp³-hybridized carbons (Fsp3) is 0.278. The number of benzene rings is 1. The van der Waals surface area contributed by atoms with Crippen LogP contribution in [0.5, 0.6) is 0 Å². The highest BCUT2D eigenvalue weighted by Gasteiger charge is 2.09. The molecule has 0 radical (unpaired) electrons. The molecular formula is C18H21FN6O. The zero-order valence-corrected chi connectivity index (χ0v) is 14.5. The van der Waals surface area contributed by atoms with Crippen molar-refractivity contribution in [2.75, 3.05) is 22.9 Å². The van der Waals surface area contributed by atoms with Crippen LogP contribution in [0.25, 0.3) is 11.3 Å². The number of hydrogen-bond acceptors (Lipinski definition) is 7. The van der Waals surface area contributed by atoms with Crippen molar-refractivity contribution in [1.82, 2.24) is 15.1 Å². The van der Waals surface area contributed by atoms with Crippen molar-refractivity contribution >= 4 is 17.5 Å². The summed E-state index contributed by atoms with van der Waals surface area (Å²) in [5.41, 5.74) is 7.89. The van der Waals surface area contributed by atoms with Gasteiger partial charge in [-0.25, -0.2) is 9.37 Å². The van der Waals surface area contributed by atoms with E-state index in [4.69, 9.17) is 10.3 Å². The second-order valence-electron chi connectivity index (χ2n) is 5.81. The monoisotopic (exact) mass is 356 g/mol. The van der Waals surface area contributed by atoms with E-state index in [1.54, 1.807) is 18.3 Å². The predicted octanol–water partition coefficient (Wildman–Crippen LogP) is 3.68. The number of anilines is 3. The summed E-state index contributed by atoms with van der Waals surface area (Å²) < 4.78 is 18.3. The molecule has 0 spiro atoms. The molecule has 1 aromatic carbocycles. The van der Waals surface area contributed by atoms with Crippen molar-refractivity contribution in [3.8, 4) is 11.3 Å². The Balaban J connectivity index is 1.66. The average molecular weight is 356 g/mol. The van der Waals surface area contributed by atoms with Gasteiger partial charge in [0, 0.05) is 18.2 Å². The molecule has 4 N–H and O–H groups in total. The average Bonchev–Trinajstić information content (AvgIpc) is 3.11. The predicted molar refractivity (Wildman–Crippen MR) is 99.1 cm³/mol. The molecule has 2 aromatic heterocycles. The number of nitrogens with two attached hydrogens (primary N) is 1. The quantitative estimate of drug-likeness (QED) is 0.529. The van der Waals surface area contributed by atoms with Crippen LogP contribution in [0.3, 0.4) is 0 Å². The topological polar surface area (TPSA) is 102 Å². The number of nitrogen functional groups attached to an aromatic ring is 1. The van der Waals surface area contributed by atoms with Crippen LogP contribution >= 0.6 is 0 Å². The maximum atomic E-state index is 13.0. The molecule has 0 bridgehead atoms. The largest absolute Gasteiger partial charge is 0.375 e. The van der Waals surface area contributed by atoms with Gasteiger partial charge >= 0.3 is 0 Å². The summed E-state index contributed by atoms with van der Waals surface area (Å²) >= 11 is 0. The number of halogens is 1. The summed E-state index contributed by atoms with van der Waals surface area (Å²) in [5.74, 6) is 1.17. The summed E-state index contributed by atoms with van der Waals surface area (Å²) in [7, 11) is 0. The lowest BCUT2D eigenvalue weighted by Gasteiger charge is -2.11. The van der Waals surface area contributed by atoms with E-state index >= 15 is 0 Å². The Labute approximate surface area is 150 Å². The van der Waals surface area contributed by atoms with Crippen LogP contribution in [0, 0.1) is 5.82 Å². The van der Waals surface area contributed by atoms with Crippen LogP contribution < -0.4 is 16.4 Å². The first kappa shape index (κ1) is 17.7. The Bertz CT molecular complexity index is 849. The molecule has 0 amide bonds. The van der Waals surface area contributed by atoms with Gasteiger partial charge < -0.3 is 20.9 Å². The summed E-state index contributed by atoms with van der Waals surface area (Å²) in [6, 6.07) is 7.88. The Hall–Kier alpha value is -3.16. The highest BCUT2D eigenvalue weighted by molar-refractivity contribution is 5.64.